The number of carbonyl (C=O) groups is 1. The molecule has 0 fully saturated rings. The number of nitrogens with two attached hydrogens (primary N) is 1. The zero-order valence-electron chi connectivity index (χ0n) is 8.86. The highest BCUT2D eigenvalue weighted by Gasteiger charge is 2.12. The molecule has 4 N–H and O–H groups in total. The van der Waals surface area contributed by atoms with E-state index in [0.29, 0.717) is 12.4 Å². The van der Waals surface area contributed by atoms with E-state index in [1.54, 1.807) is 0 Å². The Labute approximate surface area is 88.7 Å². The van der Waals surface area contributed by atoms with Crippen LogP contribution in [0.2, 0.25) is 0 Å². The Morgan fingerprint density at radius 2 is 2.53 bits per heavy atom. The Morgan fingerprint density at radius 1 is 1.73 bits per heavy atom. The van der Waals surface area contributed by atoms with Crippen molar-refractivity contribution in [3.8, 4) is 0 Å². The van der Waals surface area contributed by atoms with Crippen LogP contribution >= 0.6 is 0 Å². The van der Waals surface area contributed by atoms with Gasteiger partial charge in [0.2, 0.25) is 5.91 Å². The smallest absolute Gasteiger partial charge is 0.237 e. The summed E-state index contributed by atoms with van der Waals surface area (Å²) in [6, 6.07) is -0.423. The van der Waals surface area contributed by atoms with Crippen molar-refractivity contribution in [1.29, 1.82) is 0 Å². The lowest BCUT2D eigenvalue weighted by atomic mass is 10.1. The second-order valence-corrected chi connectivity index (χ2v) is 3.40. The first-order valence-corrected chi connectivity index (χ1v) is 5.11. The van der Waals surface area contributed by atoms with Crippen LogP contribution in [-0.2, 0) is 11.3 Å². The van der Waals surface area contributed by atoms with E-state index in [0.717, 1.165) is 19.3 Å². The maximum atomic E-state index is 11.4. The number of unbranched alkanes of at least 4 members (excludes halogenated alkanes) is 1. The molecule has 0 saturated heterocycles. The lowest BCUT2D eigenvalue weighted by molar-refractivity contribution is -0.122. The monoisotopic (exact) mass is 211 g/mol. The van der Waals surface area contributed by atoms with Crippen LogP contribution in [0.5, 0.6) is 0 Å². The molecule has 15 heavy (non-hydrogen) atoms. The number of H-pyrrole nitrogens is 1. The van der Waals surface area contributed by atoms with Crippen LogP contribution in [0.15, 0.2) is 6.33 Å². The molecule has 1 unspecified atom stereocenters. The van der Waals surface area contributed by atoms with Crippen molar-refractivity contribution in [1.82, 2.24) is 20.5 Å². The molecule has 0 saturated carbocycles. The van der Waals surface area contributed by atoms with Crippen molar-refractivity contribution < 1.29 is 4.79 Å². The molecule has 0 spiro atoms. The van der Waals surface area contributed by atoms with E-state index in [1.165, 1.54) is 6.33 Å². The molecular weight excluding hydrogens is 194 g/mol. The second-order valence-electron chi connectivity index (χ2n) is 3.40. The highest BCUT2D eigenvalue weighted by atomic mass is 16.2. The Hall–Kier alpha value is -1.43. The van der Waals surface area contributed by atoms with Crippen LogP contribution in [-0.4, -0.2) is 27.1 Å². The van der Waals surface area contributed by atoms with Crippen molar-refractivity contribution in [2.45, 2.75) is 38.8 Å². The third-order valence-electron chi connectivity index (χ3n) is 2.10. The average Bonchev–Trinajstić information content (AvgIpc) is 2.75. The molecule has 84 valence electrons. The zero-order valence-corrected chi connectivity index (χ0v) is 8.86. The molecule has 1 heterocycles. The normalized spacial score (nSPS) is 12.4. The predicted molar refractivity (Wildman–Crippen MR) is 55.7 cm³/mol. The molecule has 1 aromatic rings. The Morgan fingerprint density at radius 3 is 3.13 bits per heavy atom. The molecule has 0 aromatic carbocycles. The number of aromatic amines is 1. The number of hydrogen-bond acceptors (Lipinski definition) is 4. The number of hydrogen-bond donors (Lipinski definition) is 3. The van der Waals surface area contributed by atoms with Gasteiger partial charge in [-0.3, -0.25) is 9.89 Å². The minimum atomic E-state index is -0.423. The summed E-state index contributed by atoms with van der Waals surface area (Å²) in [6.45, 7) is 2.41. The van der Waals surface area contributed by atoms with Gasteiger partial charge >= 0.3 is 0 Å². The van der Waals surface area contributed by atoms with Gasteiger partial charge in [0.1, 0.15) is 12.2 Å². The summed E-state index contributed by atoms with van der Waals surface area (Å²) in [5, 5.41) is 9.03. The van der Waals surface area contributed by atoms with Gasteiger partial charge in [-0.1, -0.05) is 19.8 Å². The van der Waals surface area contributed by atoms with Crippen molar-refractivity contribution in [2.75, 3.05) is 0 Å². The van der Waals surface area contributed by atoms with Crippen molar-refractivity contribution in [2.24, 2.45) is 5.73 Å². The molecule has 1 amide bonds. The Kier molecular flexibility index (Phi) is 4.76. The van der Waals surface area contributed by atoms with Gasteiger partial charge in [-0.25, -0.2) is 4.98 Å². The van der Waals surface area contributed by atoms with Crippen LogP contribution in [0.3, 0.4) is 0 Å². The quantitative estimate of drug-likeness (QED) is 0.614. The first-order chi connectivity index (χ1) is 7.24. The molecule has 0 radical (unpaired) electrons. The summed E-state index contributed by atoms with van der Waals surface area (Å²) in [6.07, 6.45) is 4.14. The van der Waals surface area contributed by atoms with Gasteiger partial charge in [0.15, 0.2) is 0 Å². The summed E-state index contributed by atoms with van der Waals surface area (Å²) in [7, 11) is 0. The van der Waals surface area contributed by atoms with Crippen molar-refractivity contribution in [3.05, 3.63) is 12.2 Å². The van der Waals surface area contributed by atoms with E-state index in [2.05, 4.69) is 27.4 Å². The molecule has 1 aromatic heterocycles. The molecule has 0 aliphatic carbocycles. The number of amides is 1. The molecular formula is C9H17N5O. The largest absolute Gasteiger partial charge is 0.347 e. The van der Waals surface area contributed by atoms with E-state index >= 15 is 0 Å². The second kappa shape index (κ2) is 6.13. The molecule has 1 atom stereocenters. The summed E-state index contributed by atoms with van der Waals surface area (Å²) in [5.74, 6) is 0.492. The predicted octanol–water partition coefficient (Wildman–Crippen LogP) is -0.0616. The lowest BCUT2D eigenvalue weighted by Crippen LogP contribution is -2.40. The first-order valence-electron chi connectivity index (χ1n) is 5.11. The Balaban J connectivity index is 2.23. The van der Waals surface area contributed by atoms with Crippen molar-refractivity contribution >= 4 is 5.91 Å². The van der Waals surface area contributed by atoms with Gasteiger partial charge in [-0.2, -0.15) is 5.10 Å². The fourth-order valence-electron chi connectivity index (χ4n) is 1.17. The summed E-state index contributed by atoms with van der Waals surface area (Å²) in [4.78, 5) is 15.3. The van der Waals surface area contributed by atoms with Crippen molar-refractivity contribution in [3.63, 3.8) is 0 Å². The van der Waals surface area contributed by atoms with Gasteiger partial charge in [0.05, 0.1) is 12.6 Å². The maximum Gasteiger partial charge on any atom is 0.237 e. The molecule has 6 heteroatoms. The molecule has 6 nitrogen and oxygen atoms in total. The average molecular weight is 211 g/mol. The van der Waals surface area contributed by atoms with Gasteiger partial charge in [-0.15, -0.1) is 0 Å². The number of aromatic nitrogens is 3. The molecule has 0 bridgehead atoms. The number of nitrogens with one attached hydrogen (secondary N) is 2. The van der Waals surface area contributed by atoms with E-state index in [-0.39, 0.29) is 5.91 Å². The van der Waals surface area contributed by atoms with Crippen LogP contribution in [0, 0.1) is 0 Å². The summed E-state index contributed by atoms with van der Waals surface area (Å²) in [5.41, 5.74) is 5.68. The zero-order chi connectivity index (χ0) is 11.1. The van der Waals surface area contributed by atoms with Crippen LogP contribution in [0.1, 0.15) is 32.0 Å². The third-order valence-corrected chi connectivity index (χ3v) is 2.10. The number of carbonyl (C=O) groups excluding carboxylic acids is 1. The summed E-state index contributed by atoms with van der Waals surface area (Å²) < 4.78 is 0. The maximum absolute atomic E-state index is 11.4. The van der Waals surface area contributed by atoms with Crippen LogP contribution in [0.4, 0.5) is 0 Å². The minimum absolute atomic E-state index is 0.139. The van der Waals surface area contributed by atoms with Gasteiger partial charge in [0.25, 0.3) is 0 Å². The van der Waals surface area contributed by atoms with Crippen LogP contribution < -0.4 is 11.1 Å². The standard InChI is InChI=1S/C9H17N5O/c1-2-3-4-7(10)9(15)11-5-8-12-6-13-14-8/h6-7H,2-5,10H2,1H3,(H,11,15)(H,12,13,14). The minimum Gasteiger partial charge on any atom is -0.347 e. The third kappa shape index (κ3) is 4.07. The number of rotatable bonds is 6. The van der Waals surface area contributed by atoms with E-state index in [1.807, 2.05) is 0 Å². The fraction of sp³-hybridized carbons (Fsp3) is 0.667. The molecule has 0 aliphatic rings. The Bertz CT molecular complexity index is 285. The topological polar surface area (TPSA) is 96.7 Å². The van der Waals surface area contributed by atoms with E-state index in [4.69, 9.17) is 5.73 Å². The summed E-state index contributed by atoms with van der Waals surface area (Å²) >= 11 is 0. The first kappa shape index (κ1) is 11.6. The van der Waals surface area contributed by atoms with E-state index in [9.17, 15) is 4.79 Å². The van der Waals surface area contributed by atoms with Crippen LogP contribution in [0.25, 0.3) is 0 Å². The van der Waals surface area contributed by atoms with Gasteiger partial charge in [0, 0.05) is 0 Å². The van der Waals surface area contributed by atoms with Gasteiger partial charge < -0.3 is 11.1 Å². The lowest BCUT2D eigenvalue weighted by Gasteiger charge is -2.10. The van der Waals surface area contributed by atoms with Gasteiger partial charge in [-0.05, 0) is 6.42 Å². The number of nitrogens with zero attached hydrogens (tertiary/aromatic N) is 2. The molecule has 0 aliphatic heterocycles. The SMILES string of the molecule is CCCCC(N)C(=O)NCc1ncn[nH]1. The van der Waals surface area contributed by atoms with E-state index < -0.39 is 6.04 Å². The highest BCUT2D eigenvalue weighted by molar-refractivity contribution is 5.81. The highest BCUT2D eigenvalue weighted by Crippen LogP contribution is 1.98. The fourth-order valence-corrected chi connectivity index (χ4v) is 1.17. The molecule has 1 rings (SSSR count).